The van der Waals surface area contributed by atoms with E-state index in [4.69, 9.17) is 9.84 Å². The van der Waals surface area contributed by atoms with Crippen LogP contribution in [0.3, 0.4) is 0 Å². The van der Waals surface area contributed by atoms with Crippen molar-refractivity contribution < 1.29 is 14.6 Å². The second-order valence-corrected chi connectivity index (χ2v) is 6.54. The lowest BCUT2D eigenvalue weighted by molar-refractivity contribution is -0.137. The van der Waals surface area contributed by atoms with Crippen LogP contribution in [-0.4, -0.2) is 52.1 Å². The normalized spacial score (nSPS) is 16.8. The van der Waals surface area contributed by atoms with Crippen LogP contribution in [0.1, 0.15) is 29.9 Å². The molecule has 0 saturated carbocycles. The highest BCUT2D eigenvalue weighted by Gasteiger charge is 2.19. The molecule has 25 heavy (non-hydrogen) atoms. The van der Waals surface area contributed by atoms with Crippen molar-refractivity contribution in [1.82, 2.24) is 14.7 Å². The Morgan fingerprint density at radius 3 is 2.48 bits per heavy atom. The van der Waals surface area contributed by atoms with Gasteiger partial charge < -0.3 is 9.84 Å². The number of carbonyl (C=O) groups is 1. The molecule has 3 rings (SSSR count). The van der Waals surface area contributed by atoms with E-state index >= 15 is 0 Å². The van der Waals surface area contributed by atoms with Crippen LogP contribution in [0, 0.1) is 13.8 Å². The predicted molar refractivity (Wildman–Crippen MR) is 95.6 cm³/mol. The van der Waals surface area contributed by atoms with Gasteiger partial charge in [-0.15, -0.1) is 0 Å². The Balaban J connectivity index is 1.83. The smallest absolute Gasteiger partial charge is 0.325 e. The molecule has 134 valence electrons. The lowest BCUT2D eigenvalue weighted by atomic mass is 9.99. The predicted octanol–water partition coefficient (Wildman–Crippen LogP) is 2.64. The van der Waals surface area contributed by atoms with Crippen molar-refractivity contribution in [1.29, 1.82) is 0 Å². The highest BCUT2D eigenvalue weighted by Crippen LogP contribution is 2.29. The van der Waals surface area contributed by atoms with Gasteiger partial charge in [-0.2, -0.15) is 5.10 Å². The van der Waals surface area contributed by atoms with E-state index in [0.717, 1.165) is 48.8 Å². The molecule has 0 bridgehead atoms. The van der Waals surface area contributed by atoms with Crippen LogP contribution in [0.25, 0.3) is 11.1 Å². The van der Waals surface area contributed by atoms with Crippen molar-refractivity contribution in [3.05, 3.63) is 41.2 Å². The zero-order chi connectivity index (χ0) is 18.0. The highest BCUT2D eigenvalue weighted by atomic mass is 16.5. The van der Waals surface area contributed by atoms with E-state index in [1.165, 1.54) is 5.56 Å². The summed E-state index contributed by atoms with van der Waals surface area (Å²) in [4.78, 5) is 13.4. The van der Waals surface area contributed by atoms with E-state index in [-0.39, 0.29) is 6.54 Å². The molecule has 1 aromatic heterocycles. The van der Waals surface area contributed by atoms with E-state index in [1.807, 2.05) is 13.8 Å². The first-order valence-corrected chi connectivity index (χ1v) is 8.65. The summed E-state index contributed by atoms with van der Waals surface area (Å²) in [6, 6.07) is 8.88. The topological polar surface area (TPSA) is 67.6 Å². The lowest BCUT2D eigenvalue weighted by Crippen LogP contribution is -2.37. The first kappa shape index (κ1) is 17.6. The van der Waals surface area contributed by atoms with Crippen LogP contribution in [-0.2, 0) is 16.1 Å². The average Bonchev–Trinajstić information content (AvgIpc) is 2.88. The summed E-state index contributed by atoms with van der Waals surface area (Å²) in [6.07, 6.45) is 0. The number of aromatic nitrogens is 2. The van der Waals surface area contributed by atoms with E-state index < -0.39 is 5.97 Å². The van der Waals surface area contributed by atoms with Crippen molar-refractivity contribution in [2.45, 2.75) is 33.4 Å². The maximum Gasteiger partial charge on any atom is 0.325 e. The molecule has 2 heterocycles. The summed E-state index contributed by atoms with van der Waals surface area (Å²) in [5, 5.41) is 13.4. The van der Waals surface area contributed by atoms with Crippen molar-refractivity contribution in [2.75, 3.05) is 26.3 Å². The molecule has 6 heteroatoms. The molecule has 1 aliphatic heterocycles. The number of carboxylic acid groups (broad SMARTS) is 1. The average molecular weight is 343 g/mol. The second kappa shape index (κ2) is 7.37. The molecule has 0 aliphatic carbocycles. The molecule has 0 amide bonds. The van der Waals surface area contributed by atoms with Crippen molar-refractivity contribution in [3.8, 4) is 11.1 Å². The maximum absolute atomic E-state index is 11.0. The fourth-order valence-corrected chi connectivity index (χ4v) is 3.50. The molecule has 2 aromatic rings. The molecule has 1 aromatic carbocycles. The molecular formula is C19H25N3O3. The van der Waals surface area contributed by atoms with Crippen LogP contribution < -0.4 is 0 Å². The van der Waals surface area contributed by atoms with Crippen LogP contribution in [0.5, 0.6) is 0 Å². The number of hydrogen-bond acceptors (Lipinski definition) is 4. The second-order valence-electron chi connectivity index (χ2n) is 6.54. The minimum atomic E-state index is -0.883. The quantitative estimate of drug-likeness (QED) is 0.904. The standard InChI is InChI=1S/C19H25N3O3/c1-13-19(15(3)22(20-13)12-18(23)24)17-6-4-16(5-7-17)14(2)21-8-10-25-11-9-21/h4-7,14H,8-12H2,1-3H3,(H,23,24)/t14-/m1/s1. The van der Waals surface area contributed by atoms with Gasteiger partial charge in [0.25, 0.3) is 0 Å². The summed E-state index contributed by atoms with van der Waals surface area (Å²) >= 11 is 0. The number of nitrogens with zero attached hydrogens (tertiary/aromatic N) is 3. The molecule has 0 spiro atoms. The van der Waals surface area contributed by atoms with E-state index in [1.54, 1.807) is 4.68 Å². The number of carboxylic acids is 1. The van der Waals surface area contributed by atoms with Gasteiger partial charge in [-0.3, -0.25) is 14.4 Å². The van der Waals surface area contributed by atoms with E-state index in [9.17, 15) is 4.79 Å². The molecule has 0 radical (unpaired) electrons. The van der Waals surface area contributed by atoms with Gasteiger partial charge in [0.15, 0.2) is 0 Å². The van der Waals surface area contributed by atoms with Crippen LogP contribution in [0.15, 0.2) is 24.3 Å². The minimum absolute atomic E-state index is 0.112. The fraction of sp³-hybridized carbons (Fsp3) is 0.474. The molecule has 1 N–H and O–H groups in total. The third-order valence-corrected chi connectivity index (χ3v) is 4.94. The van der Waals surface area contributed by atoms with Gasteiger partial charge in [-0.1, -0.05) is 24.3 Å². The number of ether oxygens (including phenoxy) is 1. The Bertz CT molecular complexity index is 746. The van der Waals surface area contributed by atoms with Gasteiger partial charge in [0.1, 0.15) is 6.54 Å². The van der Waals surface area contributed by atoms with Crippen molar-refractivity contribution >= 4 is 5.97 Å². The van der Waals surface area contributed by atoms with Gasteiger partial charge in [-0.25, -0.2) is 0 Å². The number of hydrogen-bond donors (Lipinski definition) is 1. The van der Waals surface area contributed by atoms with Gasteiger partial charge >= 0.3 is 5.97 Å². The molecule has 1 aliphatic rings. The summed E-state index contributed by atoms with van der Waals surface area (Å²) in [6.45, 7) is 9.47. The van der Waals surface area contributed by atoms with E-state index in [2.05, 4.69) is 41.2 Å². The SMILES string of the molecule is Cc1nn(CC(=O)O)c(C)c1-c1ccc([C@@H](C)N2CCOCC2)cc1. The first-order chi connectivity index (χ1) is 12.0. The Morgan fingerprint density at radius 1 is 1.24 bits per heavy atom. The molecule has 1 atom stereocenters. The summed E-state index contributed by atoms with van der Waals surface area (Å²) < 4.78 is 6.98. The summed E-state index contributed by atoms with van der Waals surface area (Å²) in [5.41, 5.74) is 5.11. The van der Waals surface area contributed by atoms with Gasteiger partial charge in [0, 0.05) is 30.4 Å². The van der Waals surface area contributed by atoms with Gasteiger partial charge in [0.2, 0.25) is 0 Å². The van der Waals surface area contributed by atoms with E-state index in [0.29, 0.717) is 6.04 Å². The number of morpholine rings is 1. The van der Waals surface area contributed by atoms with Crippen LogP contribution >= 0.6 is 0 Å². The van der Waals surface area contributed by atoms with Crippen LogP contribution in [0.4, 0.5) is 0 Å². The van der Waals surface area contributed by atoms with Crippen molar-refractivity contribution in [3.63, 3.8) is 0 Å². The lowest BCUT2D eigenvalue weighted by Gasteiger charge is -2.32. The number of aliphatic carboxylic acids is 1. The molecule has 6 nitrogen and oxygen atoms in total. The minimum Gasteiger partial charge on any atom is -0.480 e. The largest absolute Gasteiger partial charge is 0.480 e. The van der Waals surface area contributed by atoms with Gasteiger partial charge in [0.05, 0.1) is 18.9 Å². The van der Waals surface area contributed by atoms with Crippen LogP contribution in [0.2, 0.25) is 0 Å². The highest BCUT2D eigenvalue weighted by molar-refractivity contribution is 5.71. The summed E-state index contributed by atoms with van der Waals surface area (Å²) in [7, 11) is 0. The summed E-state index contributed by atoms with van der Waals surface area (Å²) in [5.74, 6) is -0.883. The fourth-order valence-electron chi connectivity index (χ4n) is 3.50. The molecule has 1 fully saturated rings. The Kier molecular flexibility index (Phi) is 5.20. The Morgan fingerprint density at radius 2 is 1.88 bits per heavy atom. The molecular weight excluding hydrogens is 318 g/mol. The third kappa shape index (κ3) is 3.75. The van der Waals surface area contributed by atoms with Crippen molar-refractivity contribution in [2.24, 2.45) is 0 Å². The monoisotopic (exact) mass is 343 g/mol. The zero-order valence-electron chi connectivity index (χ0n) is 15.0. The Hall–Kier alpha value is -2.18. The zero-order valence-corrected chi connectivity index (χ0v) is 15.0. The number of benzene rings is 1. The maximum atomic E-state index is 11.0. The van der Waals surface area contributed by atoms with Gasteiger partial charge in [-0.05, 0) is 31.9 Å². The first-order valence-electron chi connectivity index (χ1n) is 8.65. The Labute approximate surface area is 148 Å². The number of rotatable bonds is 5. The number of aryl methyl sites for hydroxylation is 1. The molecule has 0 unspecified atom stereocenters. The molecule has 1 saturated heterocycles. The third-order valence-electron chi connectivity index (χ3n) is 4.94.